The summed E-state index contributed by atoms with van der Waals surface area (Å²) in [6.45, 7) is 8.02. The summed E-state index contributed by atoms with van der Waals surface area (Å²) >= 11 is 11.5. The van der Waals surface area contributed by atoms with Crippen LogP contribution in [-0.2, 0) is 26.4 Å². The van der Waals surface area contributed by atoms with Crippen LogP contribution < -0.4 is 10.6 Å². The van der Waals surface area contributed by atoms with Crippen LogP contribution in [0.5, 0.6) is 0 Å². The number of rotatable bonds is 4. The third-order valence-corrected chi connectivity index (χ3v) is 3.56. The van der Waals surface area contributed by atoms with Gasteiger partial charge in [0.1, 0.15) is 0 Å². The van der Waals surface area contributed by atoms with Gasteiger partial charge in [-0.2, -0.15) is 0 Å². The van der Waals surface area contributed by atoms with E-state index in [2.05, 4.69) is 10.6 Å². The summed E-state index contributed by atoms with van der Waals surface area (Å²) in [5.74, 6) is -0.0323. The molecule has 0 aromatic rings. The molecule has 2 N–H and O–H groups in total. The van der Waals surface area contributed by atoms with Crippen LogP contribution in [0.25, 0.3) is 0 Å². The fourth-order valence-corrected chi connectivity index (χ4v) is 2.14. The molecule has 149 valence electrons. The van der Waals surface area contributed by atoms with Gasteiger partial charge in [0.05, 0.1) is 0 Å². The van der Waals surface area contributed by atoms with Crippen LogP contribution in [0.1, 0.15) is 27.7 Å². The van der Waals surface area contributed by atoms with Gasteiger partial charge >= 0.3 is 0 Å². The molecular weight excluding hydrogens is 430 g/mol. The molecule has 7 heteroatoms. The molecule has 27 heavy (non-hydrogen) atoms. The van der Waals surface area contributed by atoms with Crippen molar-refractivity contribution in [2.75, 3.05) is 0 Å². The Morgan fingerprint density at radius 3 is 1.37 bits per heavy atom. The SMILES string of the molecule is CC(C)NC=C1C=C(Cl)C=CC1=O.CC(C)NC=C1C=C(Cl)C=CC1=O.[Co]. The topological polar surface area (TPSA) is 58.2 Å². The Morgan fingerprint density at radius 1 is 0.741 bits per heavy atom. The minimum absolute atomic E-state index is 0. The van der Waals surface area contributed by atoms with Crippen LogP contribution in [0, 0.1) is 0 Å². The van der Waals surface area contributed by atoms with Crippen molar-refractivity contribution in [1.29, 1.82) is 0 Å². The van der Waals surface area contributed by atoms with Gasteiger partial charge in [0.15, 0.2) is 11.6 Å². The summed E-state index contributed by atoms with van der Waals surface area (Å²) in [5.41, 5.74) is 1.20. The summed E-state index contributed by atoms with van der Waals surface area (Å²) < 4.78 is 0. The fourth-order valence-electron chi connectivity index (χ4n) is 1.78. The molecule has 0 aromatic heterocycles. The van der Waals surface area contributed by atoms with Crippen molar-refractivity contribution in [3.8, 4) is 0 Å². The van der Waals surface area contributed by atoms with Gasteiger partial charge in [-0.15, -0.1) is 0 Å². The summed E-state index contributed by atoms with van der Waals surface area (Å²) in [6.07, 6.45) is 12.8. The van der Waals surface area contributed by atoms with Crippen molar-refractivity contribution in [2.24, 2.45) is 0 Å². The number of hydrogen-bond donors (Lipinski definition) is 2. The first-order valence-electron chi connectivity index (χ1n) is 8.30. The first kappa shape index (κ1) is 25.5. The van der Waals surface area contributed by atoms with E-state index in [1.165, 1.54) is 12.2 Å². The van der Waals surface area contributed by atoms with E-state index in [0.29, 0.717) is 33.3 Å². The van der Waals surface area contributed by atoms with Crippen molar-refractivity contribution in [3.05, 3.63) is 70.1 Å². The number of halogens is 2. The zero-order chi connectivity index (χ0) is 19.7. The predicted molar refractivity (Wildman–Crippen MR) is 109 cm³/mol. The summed E-state index contributed by atoms with van der Waals surface area (Å²) in [4.78, 5) is 22.5. The van der Waals surface area contributed by atoms with E-state index in [1.807, 2.05) is 27.7 Å². The normalized spacial score (nSPS) is 18.8. The van der Waals surface area contributed by atoms with Gasteiger partial charge in [0.2, 0.25) is 0 Å². The first-order valence-corrected chi connectivity index (χ1v) is 9.06. The molecule has 0 bridgehead atoms. The zero-order valence-electron chi connectivity index (χ0n) is 15.7. The van der Waals surface area contributed by atoms with Gasteiger partial charge in [-0.3, -0.25) is 9.59 Å². The molecule has 1 radical (unpaired) electrons. The molecule has 0 atom stereocenters. The van der Waals surface area contributed by atoms with Crippen LogP contribution in [0.15, 0.2) is 70.1 Å². The second-order valence-corrected chi connectivity index (χ2v) is 7.17. The van der Waals surface area contributed by atoms with E-state index in [9.17, 15) is 9.59 Å². The van der Waals surface area contributed by atoms with Crippen LogP contribution in [0.3, 0.4) is 0 Å². The summed E-state index contributed by atoms with van der Waals surface area (Å²) in [7, 11) is 0. The number of carbonyl (C=O) groups excluding carboxylic acids is 2. The second kappa shape index (κ2) is 12.8. The third kappa shape index (κ3) is 10.4. The molecule has 4 nitrogen and oxygen atoms in total. The maximum atomic E-state index is 11.3. The Labute approximate surface area is 181 Å². The van der Waals surface area contributed by atoms with Crippen LogP contribution in [0.2, 0.25) is 0 Å². The number of ketones is 2. The van der Waals surface area contributed by atoms with Crippen LogP contribution in [-0.4, -0.2) is 23.7 Å². The van der Waals surface area contributed by atoms with E-state index in [4.69, 9.17) is 23.2 Å². The average Bonchev–Trinajstić information content (AvgIpc) is 2.57. The smallest absolute Gasteiger partial charge is 0.187 e. The van der Waals surface area contributed by atoms with Crippen molar-refractivity contribution < 1.29 is 26.4 Å². The van der Waals surface area contributed by atoms with E-state index in [1.54, 1.807) is 36.7 Å². The Bertz CT molecular complexity index is 668. The Kier molecular flexibility index (Phi) is 12.1. The van der Waals surface area contributed by atoms with Crippen molar-refractivity contribution >= 4 is 34.8 Å². The van der Waals surface area contributed by atoms with Gasteiger partial charge in [0.25, 0.3) is 0 Å². The van der Waals surface area contributed by atoms with Gasteiger partial charge in [0, 0.05) is 62.5 Å². The summed E-state index contributed by atoms with van der Waals surface area (Å²) in [5, 5.41) is 7.25. The van der Waals surface area contributed by atoms with Crippen molar-refractivity contribution in [3.63, 3.8) is 0 Å². The molecule has 2 rings (SSSR count). The Hall–Kier alpha value is -1.53. The molecule has 0 spiro atoms. The quantitative estimate of drug-likeness (QED) is 0.624. The number of carbonyl (C=O) groups is 2. The van der Waals surface area contributed by atoms with E-state index in [0.717, 1.165) is 0 Å². The van der Waals surface area contributed by atoms with E-state index in [-0.39, 0.29) is 28.3 Å². The minimum Gasteiger partial charge on any atom is -0.388 e. The Balaban J connectivity index is 0.000000483. The largest absolute Gasteiger partial charge is 0.388 e. The van der Waals surface area contributed by atoms with Crippen molar-refractivity contribution in [2.45, 2.75) is 39.8 Å². The Morgan fingerprint density at radius 2 is 1.07 bits per heavy atom. The number of allylic oxidation sites excluding steroid dienone is 10. The molecule has 0 unspecified atom stereocenters. The maximum Gasteiger partial charge on any atom is 0.187 e. The standard InChI is InChI=1S/2C10H12ClNO.Co/c2*1-7(2)12-6-8-5-9(11)3-4-10(8)13;/h2*3-7,12H,1-2H3;. The zero-order valence-corrected chi connectivity index (χ0v) is 18.2. The predicted octanol–water partition coefficient (Wildman–Crippen LogP) is 4.26. The average molecular weight is 454 g/mol. The molecule has 2 aliphatic carbocycles. The molecular formula is C20H24Cl2CoN2O2. The molecule has 0 saturated heterocycles. The molecule has 0 heterocycles. The number of hydrogen-bond acceptors (Lipinski definition) is 4. The monoisotopic (exact) mass is 453 g/mol. The second-order valence-electron chi connectivity index (χ2n) is 6.30. The molecule has 0 saturated carbocycles. The maximum absolute atomic E-state index is 11.3. The van der Waals surface area contributed by atoms with Crippen LogP contribution >= 0.6 is 23.2 Å². The summed E-state index contributed by atoms with van der Waals surface area (Å²) in [6, 6.07) is 0.636. The van der Waals surface area contributed by atoms with E-state index < -0.39 is 0 Å². The molecule has 0 aromatic carbocycles. The van der Waals surface area contributed by atoms with Gasteiger partial charge < -0.3 is 10.6 Å². The molecule has 0 aliphatic heterocycles. The van der Waals surface area contributed by atoms with Gasteiger partial charge in [-0.1, -0.05) is 23.2 Å². The molecule has 0 amide bonds. The molecule has 2 aliphatic rings. The van der Waals surface area contributed by atoms with Crippen LogP contribution in [0.4, 0.5) is 0 Å². The molecule has 0 fully saturated rings. The first-order chi connectivity index (χ1) is 12.2. The third-order valence-electron chi connectivity index (χ3n) is 3.09. The minimum atomic E-state index is -0.0162. The van der Waals surface area contributed by atoms with Gasteiger partial charge in [-0.05, 0) is 64.2 Å². The number of nitrogens with one attached hydrogen (secondary N) is 2. The van der Waals surface area contributed by atoms with Crippen molar-refractivity contribution in [1.82, 2.24) is 10.6 Å². The van der Waals surface area contributed by atoms with E-state index >= 15 is 0 Å². The van der Waals surface area contributed by atoms with Gasteiger partial charge in [-0.25, -0.2) is 0 Å². The fraction of sp³-hybridized carbons (Fsp3) is 0.300.